The molecule has 16 heteroatoms. The Morgan fingerprint density at radius 3 is 1.40 bits per heavy atom. The fourth-order valence-corrected chi connectivity index (χ4v) is 9.41. The zero-order valence-electron chi connectivity index (χ0n) is 42.2. The van der Waals surface area contributed by atoms with Crippen molar-refractivity contribution in [3.05, 3.63) is 191 Å². The standard InChI is InChI=1S/C30H30N4O4.C29H25N3O5/c1-4-38-30(36)27-26-17-18-33(29(35)28(26)34(32-27)23-13-15-24(37-3)16-14-23)22-11-9-20(10-12-22)25-8-6-5-7-21(25)19-31-2;1-3-37-29(35)26-25-16-17-31(21-10-8-19(9-11-21)24-7-5-4-6-20(24)18-33)28(34)27(25)32(30-26)22-12-14-23(36-2)15-13-22/h5-16,31H,4,17-19H2,1-3H3;4-15,18H,3,16-17H2,1-2H3. The summed E-state index contributed by atoms with van der Waals surface area (Å²) in [5, 5.41) is 12.3. The molecule has 0 unspecified atom stereocenters. The largest absolute Gasteiger partial charge is 0.497 e. The predicted molar refractivity (Wildman–Crippen MR) is 285 cm³/mol. The highest BCUT2D eigenvalue weighted by Crippen LogP contribution is 2.34. The van der Waals surface area contributed by atoms with Crippen LogP contribution in [0.1, 0.15) is 82.8 Å². The van der Waals surface area contributed by atoms with Crippen LogP contribution < -0.4 is 24.6 Å². The summed E-state index contributed by atoms with van der Waals surface area (Å²) in [4.78, 5) is 68.0. The van der Waals surface area contributed by atoms with Gasteiger partial charge in [-0.05, 0) is 134 Å². The first-order valence-corrected chi connectivity index (χ1v) is 24.6. The quantitative estimate of drug-likeness (QED) is 0.0762. The van der Waals surface area contributed by atoms with E-state index >= 15 is 0 Å². The molecule has 0 fully saturated rings. The third-order valence-electron chi connectivity index (χ3n) is 13.1. The summed E-state index contributed by atoms with van der Waals surface area (Å²) in [6.07, 6.45) is 1.76. The summed E-state index contributed by atoms with van der Waals surface area (Å²) < 4.78 is 24.0. The van der Waals surface area contributed by atoms with Crippen LogP contribution in [0.15, 0.2) is 146 Å². The van der Waals surface area contributed by atoms with Gasteiger partial charge in [0.2, 0.25) is 0 Å². The van der Waals surface area contributed by atoms with Crippen molar-refractivity contribution >= 4 is 41.4 Å². The van der Waals surface area contributed by atoms with E-state index < -0.39 is 11.9 Å². The number of anilines is 2. The number of nitrogens with one attached hydrogen (secondary N) is 1. The Morgan fingerprint density at radius 1 is 0.560 bits per heavy atom. The predicted octanol–water partition coefficient (Wildman–Crippen LogP) is 9.39. The van der Waals surface area contributed by atoms with Crippen LogP contribution in [-0.4, -0.2) is 97.2 Å². The first-order valence-electron chi connectivity index (χ1n) is 24.6. The number of rotatable bonds is 15. The van der Waals surface area contributed by atoms with E-state index in [4.69, 9.17) is 18.9 Å². The maximum atomic E-state index is 13.9. The molecule has 1 N–H and O–H groups in total. The normalized spacial score (nSPS) is 12.8. The van der Waals surface area contributed by atoms with E-state index in [9.17, 15) is 24.0 Å². The molecule has 0 saturated heterocycles. The van der Waals surface area contributed by atoms with Crippen molar-refractivity contribution in [1.82, 2.24) is 24.9 Å². The van der Waals surface area contributed by atoms with Crippen molar-refractivity contribution in [1.29, 1.82) is 0 Å². The van der Waals surface area contributed by atoms with E-state index in [0.717, 1.165) is 40.8 Å². The highest BCUT2D eigenvalue weighted by atomic mass is 16.5. The number of nitrogens with zero attached hydrogens (tertiary/aromatic N) is 6. The number of amides is 2. The first kappa shape index (κ1) is 50.8. The molecule has 2 amide bonds. The lowest BCUT2D eigenvalue weighted by molar-refractivity contribution is 0.0508. The number of fused-ring (bicyclic) bond motifs is 2. The zero-order valence-corrected chi connectivity index (χ0v) is 42.2. The van der Waals surface area contributed by atoms with E-state index in [1.165, 1.54) is 14.9 Å². The molecule has 0 aliphatic carbocycles. The molecule has 2 aromatic heterocycles. The van der Waals surface area contributed by atoms with Gasteiger partial charge >= 0.3 is 11.9 Å². The Labute approximate surface area is 434 Å². The minimum atomic E-state index is -0.551. The molecule has 4 heterocycles. The summed E-state index contributed by atoms with van der Waals surface area (Å²) in [6.45, 7) is 5.51. The number of aromatic nitrogens is 4. The molecule has 16 nitrogen and oxygen atoms in total. The van der Waals surface area contributed by atoms with Crippen LogP contribution in [0.25, 0.3) is 33.6 Å². The lowest BCUT2D eigenvalue weighted by atomic mass is 9.98. The van der Waals surface area contributed by atoms with E-state index in [1.807, 2.05) is 98.0 Å². The van der Waals surface area contributed by atoms with Crippen molar-refractivity contribution in [2.24, 2.45) is 0 Å². The molecule has 0 radical (unpaired) electrons. The fraction of sp³-hybridized carbons (Fsp3) is 0.203. The Bertz CT molecular complexity index is 3380. The summed E-state index contributed by atoms with van der Waals surface area (Å²) in [5.41, 5.74) is 10.7. The highest BCUT2D eigenvalue weighted by Gasteiger charge is 2.37. The number of benzene rings is 6. The van der Waals surface area contributed by atoms with E-state index in [2.05, 4.69) is 27.6 Å². The number of hydrogen-bond acceptors (Lipinski definition) is 12. The molecule has 6 aromatic carbocycles. The number of aldehydes is 1. The second kappa shape index (κ2) is 22.7. The van der Waals surface area contributed by atoms with Crippen LogP contribution in [0.4, 0.5) is 11.4 Å². The van der Waals surface area contributed by atoms with E-state index in [-0.39, 0.29) is 36.4 Å². The van der Waals surface area contributed by atoms with Crippen LogP contribution in [-0.2, 0) is 28.9 Å². The molecule has 75 heavy (non-hydrogen) atoms. The number of methoxy groups -OCH3 is 2. The van der Waals surface area contributed by atoms with Crippen molar-refractivity contribution in [2.45, 2.75) is 33.2 Å². The van der Waals surface area contributed by atoms with Gasteiger partial charge in [-0.3, -0.25) is 14.4 Å². The van der Waals surface area contributed by atoms with Crippen molar-refractivity contribution < 1.29 is 42.9 Å². The second-order valence-corrected chi connectivity index (χ2v) is 17.4. The molecule has 380 valence electrons. The number of carbonyl (C=O) groups is 5. The zero-order chi connectivity index (χ0) is 52.6. The van der Waals surface area contributed by atoms with Crippen LogP contribution in [0.5, 0.6) is 11.5 Å². The molecular weight excluding hydrogens is 951 g/mol. The van der Waals surface area contributed by atoms with Crippen LogP contribution in [0, 0.1) is 0 Å². The van der Waals surface area contributed by atoms with E-state index in [1.54, 1.807) is 80.3 Å². The Hall–Kier alpha value is -9.15. The van der Waals surface area contributed by atoms with Crippen LogP contribution >= 0.6 is 0 Å². The van der Waals surface area contributed by atoms with Crippen molar-refractivity contribution in [3.63, 3.8) is 0 Å². The van der Waals surface area contributed by atoms with Gasteiger partial charge in [-0.1, -0.05) is 72.8 Å². The second-order valence-electron chi connectivity index (χ2n) is 17.4. The Morgan fingerprint density at radius 2 is 0.973 bits per heavy atom. The molecule has 0 atom stereocenters. The Kier molecular flexibility index (Phi) is 15.4. The SMILES string of the molecule is CCOC(=O)c1nn(-c2ccc(OC)cc2)c2c1CCN(c1ccc(-c3ccccc3C=O)cc1)C2=O.CCOC(=O)c1nn(-c2ccc(OC)cc2)c2c1CCN(c1ccc(-c3ccccc3CNC)cc1)C2=O. The average Bonchev–Trinajstić information content (AvgIpc) is 4.07. The lowest BCUT2D eigenvalue weighted by Gasteiger charge is -2.28. The van der Waals surface area contributed by atoms with Gasteiger partial charge in [-0.15, -0.1) is 0 Å². The minimum absolute atomic E-state index is 0.154. The summed E-state index contributed by atoms with van der Waals surface area (Å²) >= 11 is 0. The van der Waals surface area contributed by atoms with E-state index in [0.29, 0.717) is 82.6 Å². The first-order chi connectivity index (χ1) is 36.6. The van der Waals surface area contributed by atoms with Gasteiger partial charge in [0.25, 0.3) is 11.8 Å². The van der Waals surface area contributed by atoms with Gasteiger partial charge < -0.3 is 34.1 Å². The number of carbonyl (C=O) groups excluding carboxylic acids is 5. The van der Waals surface area contributed by atoms with Crippen molar-refractivity contribution in [3.8, 4) is 45.1 Å². The number of ether oxygens (including phenoxy) is 4. The molecular formula is C59H55N7O9. The smallest absolute Gasteiger partial charge is 0.359 e. The van der Waals surface area contributed by atoms with Gasteiger partial charge in [0.05, 0.1) is 38.8 Å². The van der Waals surface area contributed by atoms with Gasteiger partial charge in [-0.2, -0.15) is 10.2 Å². The fourth-order valence-electron chi connectivity index (χ4n) is 9.41. The van der Waals surface area contributed by atoms with Crippen molar-refractivity contribution in [2.75, 3.05) is 57.4 Å². The maximum absolute atomic E-state index is 13.9. The minimum Gasteiger partial charge on any atom is -0.497 e. The Balaban J connectivity index is 0.000000184. The third-order valence-corrected chi connectivity index (χ3v) is 13.1. The lowest BCUT2D eigenvalue weighted by Crippen LogP contribution is -2.39. The van der Waals surface area contributed by atoms with Crippen LogP contribution in [0.3, 0.4) is 0 Å². The molecule has 2 aliphatic heterocycles. The monoisotopic (exact) mass is 1010 g/mol. The van der Waals surface area contributed by atoms with Gasteiger partial charge in [0.15, 0.2) is 17.7 Å². The maximum Gasteiger partial charge on any atom is 0.359 e. The molecule has 0 spiro atoms. The van der Waals surface area contributed by atoms with Gasteiger partial charge in [0.1, 0.15) is 22.9 Å². The van der Waals surface area contributed by atoms with Gasteiger partial charge in [0, 0.05) is 47.7 Å². The summed E-state index contributed by atoms with van der Waals surface area (Å²) in [6, 6.07) is 45.5. The summed E-state index contributed by atoms with van der Waals surface area (Å²) in [7, 11) is 5.10. The van der Waals surface area contributed by atoms with Gasteiger partial charge in [-0.25, -0.2) is 19.0 Å². The molecule has 0 bridgehead atoms. The topological polar surface area (TPSA) is 176 Å². The summed E-state index contributed by atoms with van der Waals surface area (Å²) in [5.74, 6) is -0.203. The molecule has 2 aliphatic rings. The number of esters is 2. The average molecular weight is 1010 g/mol. The molecule has 8 aromatic rings. The number of hydrogen-bond donors (Lipinski definition) is 1. The molecule has 0 saturated carbocycles. The highest BCUT2D eigenvalue weighted by molar-refractivity contribution is 6.10. The third kappa shape index (κ3) is 10.3. The molecule has 10 rings (SSSR count). The van der Waals surface area contributed by atoms with Crippen LogP contribution in [0.2, 0.25) is 0 Å².